The highest BCUT2D eigenvalue weighted by Crippen LogP contribution is 2.38. The molecule has 1 unspecified atom stereocenters. The fraction of sp³-hybridized carbons (Fsp3) is 0.409. The van der Waals surface area contributed by atoms with Gasteiger partial charge in [0.15, 0.2) is 0 Å². The lowest BCUT2D eigenvalue weighted by Gasteiger charge is -2.26. The summed E-state index contributed by atoms with van der Waals surface area (Å²) in [4.78, 5) is 13.8. The second-order valence-corrected chi connectivity index (χ2v) is 7.88. The Balaban J connectivity index is 1.75. The van der Waals surface area contributed by atoms with Gasteiger partial charge >= 0.3 is 0 Å². The number of aromatic nitrogens is 4. The van der Waals surface area contributed by atoms with Crippen LogP contribution in [0.25, 0.3) is 11.1 Å². The summed E-state index contributed by atoms with van der Waals surface area (Å²) in [5.41, 5.74) is 5.09. The summed E-state index contributed by atoms with van der Waals surface area (Å²) in [5, 5.41) is 4.38. The lowest BCUT2D eigenvalue weighted by atomic mass is 9.99. The molecule has 4 rings (SSSR count). The molecule has 1 fully saturated rings. The third-order valence-electron chi connectivity index (χ3n) is 5.73. The van der Waals surface area contributed by atoms with Crippen LogP contribution in [0.3, 0.4) is 0 Å². The predicted molar refractivity (Wildman–Crippen MR) is 112 cm³/mol. The van der Waals surface area contributed by atoms with Crippen molar-refractivity contribution < 1.29 is 4.39 Å². The summed E-state index contributed by atoms with van der Waals surface area (Å²) >= 11 is 0. The molecule has 0 spiro atoms. The molecular weight excluding hydrogens is 367 g/mol. The largest absolute Gasteiger partial charge is 0.347 e. The molecule has 6 nitrogen and oxygen atoms in total. The molecule has 3 heterocycles. The molecule has 1 aliphatic heterocycles. The Bertz CT molecular complexity index is 1010. The molecule has 1 saturated heterocycles. The molecule has 1 aromatic carbocycles. The summed E-state index contributed by atoms with van der Waals surface area (Å²) in [6.07, 6.45) is 5.90. The third kappa shape index (κ3) is 3.87. The fourth-order valence-electron chi connectivity index (χ4n) is 3.98. The van der Waals surface area contributed by atoms with Crippen molar-refractivity contribution in [2.45, 2.75) is 32.4 Å². The molecule has 152 valence electrons. The van der Waals surface area contributed by atoms with Crippen molar-refractivity contribution in [1.82, 2.24) is 24.6 Å². The summed E-state index contributed by atoms with van der Waals surface area (Å²) in [6, 6.07) is 6.84. The molecule has 0 radical (unpaired) electrons. The second-order valence-electron chi connectivity index (χ2n) is 7.88. The molecule has 7 heteroatoms. The standard InChI is InChI=1S/C22H27FN6/c1-15-17(12-25-28(15)4)14-29-10-6-9-20(29)21-19(13-24-22(26-21)27(2)3)16-7-5-8-18(23)11-16/h5,7-8,11-13,20H,6,9-10,14H2,1-4H3. The summed E-state index contributed by atoms with van der Waals surface area (Å²) in [6.45, 7) is 3.93. The SMILES string of the molecule is Cc1c(CN2CCCC2c2nc(N(C)C)ncc2-c2cccc(F)c2)cnn1C. The van der Waals surface area contributed by atoms with Gasteiger partial charge in [-0.3, -0.25) is 9.58 Å². The molecule has 0 saturated carbocycles. The highest BCUT2D eigenvalue weighted by atomic mass is 19.1. The van der Waals surface area contributed by atoms with Gasteiger partial charge in [0.1, 0.15) is 5.82 Å². The number of rotatable bonds is 5. The number of aryl methyl sites for hydroxylation is 1. The molecule has 0 N–H and O–H groups in total. The van der Waals surface area contributed by atoms with Crippen LogP contribution in [0.4, 0.5) is 10.3 Å². The molecule has 1 atom stereocenters. The van der Waals surface area contributed by atoms with Gasteiger partial charge in [0, 0.05) is 50.7 Å². The summed E-state index contributed by atoms with van der Waals surface area (Å²) < 4.78 is 15.8. The maximum Gasteiger partial charge on any atom is 0.225 e. The zero-order valence-corrected chi connectivity index (χ0v) is 17.4. The van der Waals surface area contributed by atoms with Crippen LogP contribution in [0.2, 0.25) is 0 Å². The molecule has 0 bridgehead atoms. The van der Waals surface area contributed by atoms with E-state index < -0.39 is 0 Å². The van der Waals surface area contributed by atoms with E-state index in [9.17, 15) is 4.39 Å². The highest BCUT2D eigenvalue weighted by molar-refractivity contribution is 5.66. The van der Waals surface area contributed by atoms with Gasteiger partial charge in [-0.15, -0.1) is 0 Å². The van der Waals surface area contributed by atoms with E-state index in [2.05, 4.69) is 21.9 Å². The van der Waals surface area contributed by atoms with Crippen molar-refractivity contribution >= 4 is 5.95 Å². The van der Waals surface area contributed by atoms with Gasteiger partial charge in [-0.1, -0.05) is 12.1 Å². The van der Waals surface area contributed by atoms with Crippen LogP contribution < -0.4 is 4.90 Å². The molecule has 3 aromatic rings. The van der Waals surface area contributed by atoms with Gasteiger partial charge in [0.05, 0.1) is 17.9 Å². The Morgan fingerprint density at radius 1 is 1.24 bits per heavy atom. The summed E-state index contributed by atoms with van der Waals surface area (Å²) in [7, 11) is 5.84. The minimum atomic E-state index is -0.251. The van der Waals surface area contributed by atoms with Crippen molar-refractivity contribution in [2.24, 2.45) is 7.05 Å². The van der Waals surface area contributed by atoms with Gasteiger partial charge in [-0.25, -0.2) is 14.4 Å². The van der Waals surface area contributed by atoms with Crippen LogP contribution in [0, 0.1) is 12.7 Å². The van der Waals surface area contributed by atoms with Gasteiger partial charge in [-0.2, -0.15) is 5.10 Å². The molecule has 1 aliphatic rings. The van der Waals surface area contributed by atoms with Gasteiger partial charge in [0.2, 0.25) is 5.95 Å². The van der Waals surface area contributed by atoms with Crippen LogP contribution in [0.1, 0.15) is 35.8 Å². The summed E-state index contributed by atoms with van der Waals surface area (Å²) in [5.74, 6) is 0.420. The van der Waals surface area contributed by atoms with Crippen molar-refractivity contribution in [3.63, 3.8) is 0 Å². The van der Waals surface area contributed by atoms with E-state index in [4.69, 9.17) is 4.98 Å². The first-order valence-electron chi connectivity index (χ1n) is 9.95. The smallest absolute Gasteiger partial charge is 0.225 e. The second kappa shape index (κ2) is 7.91. The van der Waals surface area contributed by atoms with Crippen LogP contribution in [-0.4, -0.2) is 45.3 Å². The first kappa shape index (κ1) is 19.5. The highest BCUT2D eigenvalue weighted by Gasteiger charge is 2.31. The number of anilines is 1. The lowest BCUT2D eigenvalue weighted by molar-refractivity contribution is 0.244. The monoisotopic (exact) mass is 394 g/mol. The van der Waals surface area contributed by atoms with Crippen LogP contribution >= 0.6 is 0 Å². The minimum absolute atomic E-state index is 0.162. The maximum absolute atomic E-state index is 13.9. The van der Waals surface area contributed by atoms with E-state index in [0.717, 1.165) is 42.8 Å². The number of hydrogen-bond donors (Lipinski definition) is 0. The Hall–Kier alpha value is -2.80. The first-order valence-corrected chi connectivity index (χ1v) is 9.95. The van der Waals surface area contributed by atoms with Crippen LogP contribution in [0.5, 0.6) is 0 Å². The van der Waals surface area contributed by atoms with E-state index in [-0.39, 0.29) is 11.9 Å². The molecule has 29 heavy (non-hydrogen) atoms. The van der Waals surface area contributed by atoms with Crippen molar-refractivity contribution in [2.75, 3.05) is 25.5 Å². The quantitative estimate of drug-likeness (QED) is 0.660. The number of benzene rings is 1. The molecular formula is C22H27FN6. The number of likely N-dealkylation sites (tertiary alicyclic amines) is 1. The predicted octanol–water partition coefficient (Wildman–Crippen LogP) is 3.73. The topological polar surface area (TPSA) is 50.1 Å². The van der Waals surface area contributed by atoms with Gasteiger partial charge in [0.25, 0.3) is 0 Å². The van der Waals surface area contributed by atoms with E-state index >= 15 is 0 Å². The number of nitrogens with zero attached hydrogens (tertiary/aromatic N) is 6. The molecule has 2 aromatic heterocycles. The zero-order valence-electron chi connectivity index (χ0n) is 17.4. The van der Waals surface area contributed by atoms with Gasteiger partial charge in [-0.05, 0) is 44.0 Å². The van der Waals surface area contributed by atoms with Gasteiger partial charge < -0.3 is 4.90 Å². The first-order chi connectivity index (χ1) is 13.9. The molecule has 0 amide bonds. The van der Waals surface area contributed by atoms with Crippen molar-refractivity contribution in [3.8, 4) is 11.1 Å². The Morgan fingerprint density at radius 3 is 2.76 bits per heavy atom. The fourth-order valence-corrected chi connectivity index (χ4v) is 3.98. The Kier molecular flexibility index (Phi) is 5.32. The van der Waals surface area contributed by atoms with Crippen molar-refractivity contribution in [1.29, 1.82) is 0 Å². The van der Waals surface area contributed by atoms with Crippen LogP contribution in [-0.2, 0) is 13.6 Å². The normalized spacial score (nSPS) is 17.1. The average Bonchev–Trinajstić information content (AvgIpc) is 3.29. The third-order valence-corrected chi connectivity index (χ3v) is 5.73. The minimum Gasteiger partial charge on any atom is -0.347 e. The van der Waals surface area contributed by atoms with Crippen molar-refractivity contribution in [3.05, 3.63) is 59.4 Å². The number of hydrogen-bond acceptors (Lipinski definition) is 5. The molecule has 0 aliphatic carbocycles. The van der Waals surface area contributed by atoms with Crippen LogP contribution in [0.15, 0.2) is 36.7 Å². The Labute approximate surface area is 171 Å². The van der Waals surface area contributed by atoms with E-state index in [1.54, 1.807) is 12.1 Å². The maximum atomic E-state index is 13.9. The Morgan fingerprint density at radius 2 is 2.07 bits per heavy atom. The lowest BCUT2D eigenvalue weighted by Crippen LogP contribution is -2.25. The van der Waals surface area contributed by atoms with E-state index in [1.807, 2.05) is 49.2 Å². The average molecular weight is 394 g/mol. The van der Waals surface area contributed by atoms with E-state index in [0.29, 0.717) is 5.95 Å². The zero-order chi connectivity index (χ0) is 20.5. The van der Waals surface area contributed by atoms with E-state index in [1.165, 1.54) is 17.3 Å². The number of halogens is 1.